The lowest BCUT2D eigenvalue weighted by molar-refractivity contribution is -0.137. The quantitative estimate of drug-likeness (QED) is 0.481. The van der Waals surface area contributed by atoms with Crippen molar-refractivity contribution in [1.82, 2.24) is 0 Å². The molecule has 0 radical (unpaired) electrons. The molecule has 0 fully saturated rings. The molecule has 0 aromatic carbocycles. The summed E-state index contributed by atoms with van der Waals surface area (Å²) >= 11 is 0. The first-order valence-electron chi connectivity index (χ1n) is 5.56. The van der Waals surface area contributed by atoms with Gasteiger partial charge in [0.1, 0.15) is 0 Å². The third-order valence-corrected chi connectivity index (χ3v) is 1.93. The summed E-state index contributed by atoms with van der Waals surface area (Å²) in [6, 6.07) is 0. The van der Waals surface area contributed by atoms with Crippen molar-refractivity contribution >= 4 is 11.8 Å². The van der Waals surface area contributed by atoms with E-state index in [4.69, 9.17) is 4.74 Å². The molecule has 3 nitrogen and oxygen atoms in total. The van der Waals surface area contributed by atoms with Gasteiger partial charge in [0.25, 0.3) is 0 Å². The van der Waals surface area contributed by atoms with Crippen molar-refractivity contribution in [2.45, 2.75) is 46.5 Å². The third kappa shape index (κ3) is 6.05. The minimum absolute atomic E-state index is 0.0624. The second kappa shape index (κ2) is 8.21. The number of hydrogen-bond donors (Lipinski definition) is 0. The molecule has 0 aliphatic rings. The van der Waals surface area contributed by atoms with Crippen molar-refractivity contribution in [3.8, 4) is 0 Å². The van der Waals surface area contributed by atoms with Crippen LogP contribution in [-0.4, -0.2) is 18.4 Å². The van der Waals surface area contributed by atoms with Crippen LogP contribution >= 0.6 is 0 Å². The number of esters is 1. The summed E-state index contributed by atoms with van der Waals surface area (Å²) in [5.41, 5.74) is 0.595. The SMILES string of the molecule is CCCC(=O)/C(=C/C(=O)OCC)CCC. The lowest BCUT2D eigenvalue weighted by Crippen LogP contribution is -2.07. The van der Waals surface area contributed by atoms with Gasteiger partial charge in [-0.05, 0) is 19.8 Å². The van der Waals surface area contributed by atoms with Gasteiger partial charge in [-0.3, -0.25) is 4.79 Å². The number of Topliss-reactive ketones (excluding diaryl/α,β-unsaturated/α-hetero) is 1. The van der Waals surface area contributed by atoms with E-state index in [1.165, 1.54) is 6.08 Å². The van der Waals surface area contributed by atoms with Crippen molar-refractivity contribution in [3.63, 3.8) is 0 Å². The first kappa shape index (κ1) is 13.9. The fourth-order valence-corrected chi connectivity index (χ4v) is 1.28. The molecular weight excluding hydrogens is 192 g/mol. The molecular formula is C12H20O3. The van der Waals surface area contributed by atoms with Crippen LogP contribution in [0.5, 0.6) is 0 Å². The minimum Gasteiger partial charge on any atom is -0.463 e. The Morgan fingerprint density at radius 3 is 2.13 bits per heavy atom. The van der Waals surface area contributed by atoms with Crippen LogP contribution in [-0.2, 0) is 14.3 Å². The second-order valence-electron chi connectivity index (χ2n) is 3.34. The summed E-state index contributed by atoms with van der Waals surface area (Å²) in [4.78, 5) is 22.8. The number of hydrogen-bond acceptors (Lipinski definition) is 3. The Labute approximate surface area is 91.5 Å². The van der Waals surface area contributed by atoms with Gasteiger partial charge < -0.3 is 4.74 Å². The van der Waals surface area contributed by atoms with E-state index in [1.54, 1.807) is 6.92 Å². The van der Waals surface area contributed by atoms with Crippen molar-refractivity contribution < 1.29 is 14.3 Å². The molecule has 3 heteroatoms. The molecule has 0 spiro atoms. The van der Waals surface area contributed by atoms with Crippen LogP contribution in [0.15, 0.2) is 11.6 Å². The van der Waals surface area contributed by atoms with E-state index in [9.17, 15) is 9.59 Å². The average molecular weight is 212 g/mol. The smallest absolute Gasteiger partial charge is 0.331 e. The highest BCUT2D eigenvalue weighted by Gasteiger charge is 2.10. The number of ether oxygens (including phenoxy) is 1. The van der Waals surface area contributed by atoms with E-state index in [-0.39, 0.29) is 5.78 Å². The standard InChI is InChI=1S/C12H20O3/c1-4-7-10(11(13)8-5-2)9-12(14)15-6-3/h9H,4-8H2,1-3H3/b10-9+. The summed E-state index contributed by atoms with van der Waals surface area (Å²) in [6.07, 6.45) is 4.16. The molecule has 0 aromatic rings. The highest BCUT2D eigenvalue weighted by molar-refractivity contribution is 6.00. The topological polar surface area (TPSA) is 43.4 Å². The van der Waals surface area contributed by atoms with Gasteiger partial charge in [0.2, 0.25) is 0 Å². The Morgan fingerprint density at radius 2 is 1.67 bits per heavy atom. The minimum atomic E-state index is -0.412. The maximum Gasteiger partial charge on any atom is 0.331 e. The van der Waals surface area contributed by atoms with Gasteiger partial charge in [-0.2, -0.15) is 0 Å². The first-order chi connectivity index (χ1) is 7.15. The van der Waals surface area contributed by atoms with Crippen LogP contribution in [0, 0.1) is 0 Å². The molecule has 86 valence electrons. The van der Waals surface area contributed by atoms with Crippen molar-refractivity contribution in [3.05, 3.63) is 11.6 Å². The van der Waals surface area contributed by atoms with E-state index in [0.717, 1.165) is 12.8 Å². The molecule has 0 N–H and O–H groups in total. The van der Waals surface area contributed by atoms with E-state index in [2.05, 4.69) is 0 Å². The zero-order valence-electron chi connectivity index (χ0n) is 9.84. The largest absolute Gasteiger partial charge is 0.463 e. The molecule has 0 aromatic heterocycles. The Morgan fingerprint density at radius 1 is 1.07 bits per heavy atom. The molecule has 0 unspecified atom stereocenters. The van der Waals surface area contributed by atoms with Gasteiger partial charge >= 0.3 is 5.97 Å². The number of carbonyl (C=O) groups is 2. The van der Waals surface area contributed by atoms with Crippen LogP contribution in [0.2, 0.25) is 0 Å². The zero-order valence-corrected chi connectivity index (χ0v) is 9.84. The predicted molar refractivity (Wildman–Crippen MR) is 59.5 cm³/mol. The molecule has 0 bridgehead atoms. The van der Waals surface area contributed by atoms with E-state index in [0.29, 0.717) is 25.0 Å². The molecule has 15 heavy (non-hydrogen) atoms. The monoisotopic (exact) mass is 212 g/mol. The number of rotatable bonds is 7. The van der Waals surface area contributed by atoms with Gasteiger partial charge in [-0.25, -0.2) is 4.79 Å². The predicted octanol–water partition coefficient (Wildman–Crippen LogP) is 2.65. The van der Waals surface area contributed by atoms with Gasteiger partial charge in [-0.15, -0.1) is 0 Å². The number of carbonyl (C=O) groups excluding carboxylic acids is 2. The molecule has 0 amide bonds. The van der Waals surface area contributed by atoms with Gasteiger partial charge in [-0.1, -0.05) is 20.3 Å². The van der Waals surface area contributed by atoms with Gasteiger partial charge in [0, 0.05) is 18.1 Å². The molecule has 0 aliphatic carbocycles. The molecule has 0 saturated heterocycles. The van der Waals surface area contributed by atoms with E-state index >= 15 is 0 Å². The average Bonchev–Trinajstić information content (AvgIpc) is 2.18. The van der Waals surface area contributed by atoms with Crippen molar-refractivity contribution in [2.75, 3.05) is 6.61 Å². The molecule has 0 atom stereocenters. The normalized spacial score (nSPS) is 11.3. The summed E-state index contributed by atoms with van der Waals surface area (Å²) in [7, 11) is 0. The van der Waals surface area contributed by atoms with Crippen LogP contribution < -0.4 is 0 Å². The first-order valence-corrected chi connectivity index (χ1v) is 5.56. The molecule has 0 heterocycles. The second-order valence-corrected chi connectivity index (χ2v) is 3.34. The Bertz CT molecular complexity index is 241. The van der Waals surface area contributed by atoms with Gasteiger partial charge in [0.05, 0.1) is 6.61 Å². The maximum atomic E-state index is 11.6. The molecule has 0 saturated carbocycles. The lowest BCUT2D eigenvalue weighted by Gasteiger charge is -2.04. The lowest BCUT2D eigenvalue weighted by atomic mass is 10.0. The van der Waals surface area contributed by atoms with Crippen LogP contribution in [0.4, 0.5) is 0 Å². The van der Waals surface area contributed by atoms with Crippen molar-refractivity contribution in [1.29, 1.82) is 0 Å². The Balaban J connectivity index is 4.48. The Kier molecular flexibility index (Phi) is 7.60. The number of allylic oxidation sites excluding steroid dienone is 1. The third-order valence-electron chi connectivity index (χ3n) is 1.93. The fraction of sp³-hybridized carbons (Fsp3) is 0.667. The van der Waals surface area contributed by atoms with Crippen LogP contribution in [0.25, 0.3) is 0 Å². The summed E-state index contributed by atoms with van der Waals surface area (Å²) < 4.78 is 4.78. The fourth-order valence-electron chi connectivity index (χ4n) is 1.28. The summed E-state index contributed by atoms with van der Waals surface area (Å²) in [6.45, 7) is 6.03. The van der Waals surface area contributed by atoms with Crippen LogP contribution in [0.1, 0.15) is 46.5 Å². The summed E-state index contributed by atoms with van der Waals surface area (Å²) in [5.74, 6) is -0.349. The van der Waals surface area contributed by atoms with E-state index < -0.39 is 5.97 Å². The maximum absolute atomic E-state index is 11.6. The Hall–Kier alpha value is -1.12. The summed E-state index contributed by atoms with van der Waals surface area (Å²) in [5, 5.41) is 0. The highest BCUT2D eigenvalue weighted by atomic mass is 16.5. The zero-order chi connectivity index (χ0) is 11.7. The van der Waals surface area contributed by atoms with Gasteiger partial charge in [0.15, 0.2) is 5.78 Å². The molecule has 0 aliphatic heterocycles. The highest BCUT2D eigenvalue weighted by Crippen LogP contribution is 2.10. The van der Waals surface area contributed by atoms with Crippen molar-refractivity contribution in [2.24, 2.45) is 0 Å². The van der Waals surface area contributed by atoms with E-state index in [1.807, 2.05) is 13.8 Å². The molecule has 0 rings (SSSR count). The van der Waals surface area contributed by atoms with Crippen LogP contribution in [0.3, 0.4) is 0 Å². The number of ketones is 1.